The summed E-state index contributed by atoms with van der Waals surface area (Å²) < 4.78 is 34.1. The Morgan fingerprint density at radius 2 is 0.874 bits per heavy atom. The van der Waals surface area contributed by atoms with Crippen LogP contribution in [-0.2, 0) is 46.3 Å². The van der Waals surface area contributed by atoms with E-state index < -0.39 is 16.3 Å². The van der Waals surface area contributed by atoms with E-state index in [1.165, 1.54) is 18.1 Å². The van der Waals surface area contributed by atoms with Crippen LogP contribution in [0.5, 0.6) is 0 Å². The summed E-state index contributed by atoms with van der Waals surface area (Å²) in [6.45, 7) is 22.7. The first-order valence-electron chi connectivity index (χ1n) is 29.6. The number of nitrogens with zero attached hydrogens (tertiary/aromatic N) is 7. The number of nitriles is 1. The topological polar surface area (TPSA) is 253 Å². The first-order chi connectivity index (χ1) is 42.5. The highest BCUT2D eigenvalue weighted by Crippen LogP contribution is 2.36. The number of aliphatic hydroxyl groups is 6. The molecule has 0 atom stereocenters. The maximum Gasteiger partial charge on any atom is 0.494 e. The molecule has 0 saturated carbocycles. The number of aliphatic hydroxyl groups excluding tert-OH is 6. The van der Waals surface area contributed by atoms with Crippen molar-refractivity contribution in [3.63, 3.8) is 0 Å². The number of halogens is 9. The molecule has 3 aromatic rings. The third kappa shape index (κ3) is 56.1. The molecule has 558 valence electrons. The van der Waals surface area contributed by atoms with E-state index in [0.717, 1.165) is 78.7 Å². The second-order valence-electron chi connectivity index (χ2n) is 22.6. The lowest BCUT2D eigenvalue weighted by Crippen LogP contribution is -3.00. The normalized spacial score (nSPS) is 13.7. The zero-order valence-corrected chi connectivity index (χ0v) is 65.9. The van der Waals surface area contributed by atoms with Gasteiger partial charge in [-0.2, -0.15) is 5.26 Å². The van der Waals surface area contributed by atoms with Crippen molar-refractivity contribution in [2.24, 2.45) is 0 Å². The van der Waals surface area contributed by atoms with Gasteiger partial charge in [-0.25, -0.2) is 4.21 Å². The van der Waals surface area contributed by atoms with Gasteiger partial charge in [-0.15, -0.1) is 46.4 Å². The van der Waals surface area contributed by atoms with Gasteiger partial charge >= 0.3 is 21.4 Å². The number of alkyl halides is 5. The summed E-state index contributed by atoms with van der Waals surface area (Å²) in [5.41, 5.74) is 5.63. The van der Waals surface area contributed by atoms with Crippen LogP contribution < -0.4 is 50.4 Å². The molecule has 2 heterocycles. The molecule has 0 amide bonds. The summed E-state index contributed by atoms with van der Waals surface area (Å²) in [6.07, 6.45) is 0. The summed E-state index contributed by atoms with van der Waals surface area (Å²) in [4.78, 5) is 8.01. The molecule has 95 heavy (non-hydrogen) atoms. The third-order valence-corrected chi connectivity index (χ3v) is 15.5. The van der Waals surface area contributed by atoms with Crippen molar-refractivity contribution in [2.75, 3.05) is 197 Å². The smallest absolute Gasteiger partial charge is 0.494 e. The van der Waals surface area contributed by atoms with Crippen LogP contribution in [0.1, 0.15) is 73.6 Å². The Morgan fingerprint density at radius 1 is 0.579 bits per heavy atom. The molecular weight excluding hydrogens is 1570 g/mol. The Kier molecular flexibility index (Phi) is 78.4. The van der Waals surface area contributed by atoms with Crippen LogP contribution in [0.15, 0.2) is 72.8 Å². The number of hydrogen-bond donors (Lipinski definition) is 8. The minimum atomic E-state index is -1.67. The largest absolute Gasteiger partial charge is 1.00 e. The highest BCUT2D eigenvalue weighted by Gasteiger charge is 2.51. The van der Waals surface area contributed by atoms with E-state index in [2.05, 4.69) is 132 Å². The lowest BCUT2D eigenvalue weighted by atomic mass is 9.78. The second kappa shape index (κ2) is 67.1. The van der Waals surface area contributed by atoms with E-state index in [1.807, 2.05) is 55.2 Å². The Morgan fingerprint density at radius 3 is 1.16 bits per heavy atom. The van der Waals surface area contributed by atoms with Crippen LogP contribution >= 0.6 is 83.7 Å². The van der Waals surface area contributed by atoms with Gasteiger partial charge in [0.05, 0.1) is 95.9 Å². The van der Waals surface area contributed by atoms with Crippen molar-refractivity contribution in [3.8, 4) is 6.07 Å². The maximum absolute atomic E-state index is 9.26. The van der Waals surface area contributed by atoms with Crippen molar-refractivity contribution in [3.05, 3.63) is 89.5 Å². The highest BCUT2D eigenvalue weighted by molar-refractivity contribution is 9.08. The molecule has 8 N–H and O–H groups in total. The molecule has 33 heteroatoms. The van der Waals surface area contributed by atoms with Gasteiger partial charge in [-0.1, -0.05) is 111 Å². The average Bonchev–Trinajstić information content (AvgIpc) is 1.64. The summed E-state index contributed by atoms with van der Waals surface area (Å²) in [5.74, 6) is 2.57. The minimum Gasteiger partial charge on any atom is -1.00 e. The fraction of sp³-hybridized carbons (Fsp3) is 0.694. The van der Waals surface area contributed by atoms with E-state index in [9.17, 15) is 10.2 Å². The van der Waals surface area contributed by atoms with Crippen molar-refractivity contribution in [2.45, 2.75) is 86.5 Å². The predicted octanol–water partition coefficient (Wildman–Crippen LogP) is -0.347. The third-order valence-electron chi connectivity index (χ3n) is 14.2. The molecule has 20 nitrogen and oxygen atoms in total. The Balaban J connectivity index is -0.000000161. The van der Waals surface area contributed by atoms with Gasteiger partial charge in [0.1, 0.15) is 26.2 Å². The van der Waals surface area contributed by atoms with Gasteiger partial charge in [-0.05, 0) is 77.8 Å². The number of rotatable bonds is 28. The highest BCUT2D eigenvalue weighted by atomic mass is 79.9. The molecule has 2 saturated heterocycles. The molecule has 0 spiro atoms. The van der Waals surface area contributed by atoms with E-state index >= 15 is 0 Å². The van der Waals surface area contributed by atoms with Crippen LogP contribution in [0.2, 0.25) is 0 Å². The molecule has 2 fully saturated rings. The zero-order valence-electron chi connectivity index (χ0n) is 55.8. The summed E-state index contributed by atoms with van der Waals surface area (Å²) in [6, 6.07) is 25.6. The predicted molar refractivity (Wildman–Crippen MR) is 401 cm³/mol. The lowest BCUT2D eigenvalue weighted by Gasteiger charge is -2.33. The standard InChI is InChI=1S/C17H30BN2O4.C13H18BBrO2.C12H19BCl2NO2.C5H11Cl2N.2C5H13NO2.C2H3N.3CH4.2BrH.Cl2OS/c1-19-7-13-23-18(24-14-8-19)17-5-3-16(4-6-17)15-20(2,9-11-21)10-12-22;1-12(2)13(3,4)17-14(16-12)11-7-5-10(9-15)6-8-11;1-16(8-6-14,9-7-15)10-11-2-4-12(5-3-11)13(17)18;1-8(4-2-6)5-3-7;2*1-6(2-4-7)3-5-8;1-2-3;;;;;;1-4(2)3/h3-6,21-22H,7-15H2,1-2H3;5-8H,9H2,1-4H3;2-5,17-18H,6-10H2,1H3;2-5H2,1H3;2*7-8H,2-5H2,1H3;1H3;3*1H4;2*1H;/q+1;;+1;;;;;;;;;;/p-2. The Labute approximate surface area is 636 Å². The van der Waals surface area contributed by atoms with E-state index in [1.54, 1.807) is 18.2 Å². The van der Waals surface area contributed by atoms with Crippen molar-refractivity contribution in [1.29, 1.82) is 5.26 Å². The second-order valence-corrected chi connectivity index (χ2v) is 27.2. The monoisotopic (exact) mass is 1680 g/mol. The molecule has 5 rings (SSSR count). The van der Waals surface area contributed by atoms with Gasteiger partial charge < -0.3 is 122 Å². The first kappa shape index (κ1) is 111. The van der Waals surface area contributed by atoms with Crippen LogP contribution in [0.4, 0.5) is 0 Å². The molecule has 2 aliphatic heterocycles. The van der Waals surface area contributed by atoms with Crippen LogP contribution in [0.3, 0.4) is 0 Å². The number of benzene rings is 3. The van der Waals surface area contributed by atoms with E-state index in [4.69, 9.17) is 105 Å². The van der Waals surface area contributed by atoms with Gasteiger partial charge in [0.2, 0.25) is 9.23 Å². The molecular formula is C62H119B3Br3Cl6N7O13S. The number of hydrogen-bond acceptors (Lipinski definition) is 18. The molecule has 3 aromatic carbocycles. The summed E-state index contributed by atoms with van der Waals surface area (Å²) >= 11 is 26.0. The van der Waals surface area contributed by atoms with Crippen LogP contribution in [0.25, 0.3) is 0 Å². The molecule has 0 aliphatic carbocycles. The van der Waals surface area contributed by atoms with Gasteiger partial charge in [0.15, 0.2) is 0 Å². The fourth-order valence-corrected chi connectivity index (χ4v) is 9.69. The molecule has 2 aliphatic rings. The van der Waals surface area contributed by atoms with E-state index in [-0.39, 0.29) is 121 Å². The van der Waals surface area contributed by atoms with E-state index in [0.29, 0.717) is 85.9 Å². The lowest BCUT2D eigenvalue weighted by molar-refractivity contribution is -0.923. The number of quaternary nitrogens is 2. The quantitative estimate of drug-likeness (QED) is 0.0200. The van der Waals surface area contributed by atoms with Crippen LogP contribution in [0, 0.1) is 11.3 Å². The molecule has 0 bridgehead atoms. The van der Waals surface area contributed by atoms with Gasteiger partial charge in [0, 0.05) is 122 Å². The van der Waals surface area contributed by atoms with Gasteiger partial charge in [0.25, 0.3) is 0 Å². The summed E-state index contributed by atoms with van der Waals surface area (Å²) in [7, 11) is 17.3. The Bertz CT molecular complexity index is 2170. The average molecular weight is 1690 g/mol. The zero-order chi connectivity index (χ0) is 69.2. The summed E-state index contributed by atoms with van der Waals surface area (Å²) in [5, 5.41) is 78.1. The number of likely N-dealkylation sites (N-methyl/N-ethyl adjacent to an activating group) is 4. The maximum atomic E-state index is 9.26. The SMILES string of the molecule is C.C.C.CC#N.CC1(C)OB(c2ccc(CBr)cc2)OC1(C)C.CN(CCCl)CCCl.CN(CCO)CCO.CN(CCO)CCO.CN1CCOB(c2ccc(C[N+](C)(CCO)CCO)cc2)OCC1.C[N+](CCCl)(CCCl)Cc1ccc(B(O)O)cc1.O=S(Cl)Cl.[Br-].[Br-]. The minimum absolute atomic E-state index is 0. The fourth-order valence-electron chi connectivity index (χ4n) is 7.92. The van der Waals surface area contributed by atoms with Crippen molar-refractivity contribution < 1.29 is 106 Å². The van der Waals surface area contributed by atoms with Gasteiger partial charge in [-0.3, -0.25) is 0 Å². The van der Waals surface area contributed by atoms with Crippen LogP contribution in [-0.4, -0.2) is 303 Å². The van der Waals surface area contributed by atoms with Crippen molar-refractivity contribution >= 4 is 131 Å². The molecule has 0 radical (unpaired) electrons. The molecule has 0 unspecified atom stereocenters. The Hall–Kier alpha value is -0.0452. The molecule has 0 aromatic heterocycles. The first-order valence-corrected chi connectivity index (χ1v) is 35.7. The van der Waals surface area contributed by atoms with Crippen molar-refractivity contribution in [1.82, 2.24) is 19.6 Å².